The molecule has 3 rings (SSSR count). The van der Waals surface area contributed by atoms with Crippen LogP contribution in [0.25, 0.3) is 0 Å². The van der Waals surface area contributed by atoms with Crippen molar-refractivity contribution in [3.63, 3.8) is 0 Å². The Morgan fingerprint density at radius 1 is 1.19 bits per heavy atom. The van der Waals surface area contributed by atoms with E-state index in [2.05, 4.69) is 65.9 Å². The number of aromatic nitrogens is 1. The lowest BCUT2D eigenvalue weighted by Crippen LogP contribution is -2.46. The molecule has 26 heavy (non-hydrogen) atoms. The summed E-state index contributed by atoms with van der Waals surface area (Å²) in [4.78, 5) is 15.5. The zero-order valence-corrected chi connectivity index (χ0v) is 16.3. The summed E-state index contributed by atoms with van der Waals surface area (Å²) in [6, 6.07) is 12.9. The predicted molar refractivity (Wildman–Crippen MR) is 107 cm³/mol. The zero-order valence-electron chi connectivity index (χ0n) is 16.3. The first-order valence-electron chi connectivity index (χ1n) is 9.84. The number of piperidine rings is 1. The number of hydrogen-bond acceptors (Lipinski definition) is 2. The Kier molecular flexibility index (Phi) is 6.15. The smallest absolute Gasteiger partial charge is 0.255 e. The van der Waals surface area contributed by atoms with Crippen molar-refractivity contribution in [2.45, 2.75) is 52.6 Å². The van der Waals surface area contributed by atoms with E-state index >= 15 is 0 Å². The number of carbonyl (C=O) groups excluding carboxylic acids is 1. The maximum atomic E-state index is 13.4. The fraction of sp³-hybridized carbons (Fsp3) is 0.500. The summed E-state index contributed by atoms with van der Waals surface area (Å²) in [6.07, 6.45) is 3.10. The van der Waals surface area contributed by atoms with E-state index < -0.39 is 0 Å². The van der Waals surface area contributed by atoms with Crippen LogP contribution in [0.3, 0.4) is 0 Å². The quantitative estimate of drug-likeness (QED) is 0.859. The highest BCUT2D eigenvalue weighted by Gasteiger charge is 2.27. The van der Waals surface area contributed by atoms with Gasteiger partial charge in [-0.05, 0) is 57.8 Å². The number of nitrogens with zero attached hydrogens (tertiary/aromatic N) is 2. The van der Waals surface area contributed by atoms with Crippen LogP contribution in [-0.4, -0.2) is 41.1 Å². The predicted octanol–water partition coefficient (Wildman–Crippen LogP) is 3.76. The number of nitrogens with one attached hydrogen (secondary N) is 1. The van der Waals surface area contributed by atoms with Gasteiger partial charge in [0.2, 0.25) is 0 Å². The van der Waals surface area contributed by atoms with Gasteiger partial charge >= 0.3 is 0 Å². The zero-order chi connectivity index (χ0) is 18.5. The molecular formula is C22H31N3O. The molecule has 1 fully saturated rings. The third kappa shape index (κ3) is 4.01. The lowest BCUT2D eigenvalue weighted by molar-refractivity contribution is 0.0642. The monoisotopic (exact) mass is 353 g/mol. The first kappa shape index (κ1) is 18.7. The molecule has 2 aromatic rings. The topological polar surface area (TPSA) is 37.3 Å². The summed E-state index contributed by atoms with van der Waals surface area (Å²) in [5, 5.41) is 3.40. The van der Waals surface area contributed by atoms with E-state index in [1.165, 1.54) is 5.56 Å². The minimum absolute atomic E-state index is 0.200. The molecule has 1 amide bonds. The lowest BCUT2D eigenvalue weighted by Gasteiger charge is -2.34. The molecule has 1 aliphatic rings. The van der Waals surface area contributed by atoms with E-state index in [1.54, 1.807) is 0 Å². The number of rotatable bonds is 6. The summed E-state index contributed by atoms with van der Waals surface area (Å²) in [7, 11) is 0. The van der Waals surface area contributed by atoms with Crippen LogP contribution < -0.4 is 5.32 Å². The van der Waals surface area contributed by atoms with Gasteiger partial charge in [0.1, 0.15) is 0 Å². The molecule has 0 bridgehead atoms. The summed E-state index contributed by atoms with van der Waals surface area (Å²) in [6.45, 7) is 9.99. The molecule has 4 heteroatoms. The van der Waals surface area contributed by atoms with E-state index in [4.69, 9.17) is 0 Å². The first-order valence-corrected chi connectivity index (χ1v) is 9.84. The largest absolute Gasteiger partial charge is 0.344 e. The summed E-state index contributed by atoms with van der Waals surface area (Å²) in [5.41, 5.74) is 4.35. The van der Waals surface area contributed by atoms with Crippen molar-refractivity contribution in [3.05, 3.63) is 58.9 Å². The molecule has 4 nitrogen and oxygen atoms in total. The van der Waals surface area contributed by atoms with E-state index in [0.717, 1.165) is 62.4 Å². The van der Waals surface area contributed by atoms with Crippen LogP contribution in [0, 0.1) is 13.8 Å². The molecule has 1 N–H and O–H groups in total. The second-order valence-electron chi connectivity index (χ2n) is 7.34. The Hall–Kier alpha value is -2.07. The minimum atomic E-state index is 0.200. The van der Waals surface area contributed by atoms with Crippen LogP contribution in [0.1, 0.15) is 53.5 Å². The summed E-state index contributed by atoms with van der Waals surface area (Å²) in [5.74, 6) is 0.200. The number of hydrogen-bond donors (Lipinski definition) is 1. The first-order chi connectivity index (χ1) is 12.6. The van der Waals surface area contributed by atoms with Gasteiger partial charge in [0.25, 0.3) is 5.91 Å². The van der Waals surface area contributed by atoms with Gasteiger partial charge in [-0.1, -0.05) is 37.3 Å². The third-order valence-electron chi connectivity index (χ3n) is 5.46. The van der Waals surface area contributed by atoms with Gasteiger partial charge in [0, 0.05) is 30.5 Å². The molecule has 1 aromatic carbocycles. The number of aryl methyl sites for hydroxylation is 1. The minimum Gasteiger partial charge on any atom is -0.344 e. The third-order valence-corrected chi connectivity index (χ3v) is 5.46. The molecule has 0 unspecified atom stereocenters. The van der Waals surface area contributed by atoms with Crippen LogP contribution >= 0.6 is 0 Å². The van der Waals surface area contributed by atoms with Crippen molar-refractivity contribution >= 4 is 5.91 Å². The number of carbonyl (C=O) groups is 1. The van der Waals surface area contributed by atoms with Gasteiger partial charge in [-0.15, -0.1) is 0 Å². The normalized spacial score (nSPS) is 15.2. The molecule has 0 aliphatic carbocycles. The Morgan fingerprint density at radius 3 is 2.54 bits per heavy atom. The molecule has 140 valence electrons. The average Bonchev–Trinajstić information content (AvgIpc) is 2.95. The van der Waals surface area contributed by atoms with Crippen molar-refractivity contribution in [2.75, 3.05) is 19.6 Å². The molecule has 0 saturated carbocycles. The molecule has 0 spiro atoms. The molecule has 0 radical (unpaired) electrons. The molecule has 1 saturated heterocycles. The lowest BCUT2D eigenvalue weighted by atomic mass is 10.0. The van der Waals surface area contributed by atoms with Gasteiger partial charge in [-0.3, -0.25) is 4.79 Å². The molecule has 0 atom stereocenters. The maximum absolute atomic E-state index is 13.4. The standard InChI is InChI=1S/C22H31N3O/c1-4-14-24(20-10-12-23-13-11-20)22(26)21-15-17(2)25(18(21)3)16-19-8-6-5-7-9-19/h5-9,15,20,23H,4,10-14,16H2,1-3H3. The second kappa shape index (κ2) is 8.54. The van der Waals surface area contributed by atoms with Crippen molar-refractivity contribution in [3.8, 4) is 0 Å². The van der Waals surface area contributed by atoms with Crippen molar-refractivity contribution < 1.29 is 4.79 Å². The Balaban J connectivity index is 1.85. The van der Waals surface area contributed by atoms with Gasteiger partial charge < -0.3 is 14.8 Å². The van der Waals surface area contributed by atoms with Crippen LogP contribution in [-0.2, 0) is 6.54 Å². The van der Waals surface area contributed by atoms with E-state index in [-0.39, 0.29) is 5.91 Å². The van der Waals surface area contributed by atoms with Crippen LogP contribution in [0.5, 0.6) is 0 Å². The Labute approximate surface area is 157 Å². The summed E-state index contributed by atoms with van der Waals surface area (Å²) < 4.78 is 2.26. The van der Waals surface area contributed by atoms with Crippen molar-refractivity contribution in [2.24, 2.45) is 0 Å². The van der Waals surface area contributed by atoms with Gasteiger partial charge in [-0.2, -0.15) is 0 Å². The number of amides is 1. The SMILES string of the molecule is CCCN(C(=O)c1cc(C)n(Cc2ccccc2)c1C)C1CCNCC1. The van der Waals surface area contributed by atoms with Gasteiger partial charge in [0.05, 0.1) is 5.56 Å². The second-order valence-corrected chi connectivity index (χ2v) is 7.34. The summed E-state index contributed by atoms with van der Waals surface area (Å²) >= 11 is 0. The molecular weight excluding hydrogens is 322 g/mol. The van der Waals surface area contributed by atoms with Crippen molar-refractivity contribution in [1.29, 1.82) is 0 Å². The van der Waals surface area contributed by atoms with Crippen molar-refractivity contribution in [1.82, 2.24) is 14.8 Å². The highest BCUT2D eigenvalue weighted by molar-refractivity contribution is 5.96. The van der Waals surface area contributed by atoms with Gasteiger partial charge in [0.15, 0.2) is 0 Å². The van der Waals surface area contributed by atoms with Crippen LogP contribution in [0.4, 0.5) is 0 Å². The van der Waals surface area contributed by atoms with Crippen LogP contribution in [0.15, 0.2) is 36.4 Å². The number of benzene rings is 1. The molecule has 2 heterocycles. The highest BCUT2D eigenvalue weighted by Crippen LogP contribution is 2.22. The van der Waals surface area contributed by atoms with E-state index in [1.807, 2.05) is 6.07 Å². The average molecular weight is 354 g/mol. The van der Waals surface area contributed by atoms with Gasteiger partial charge in [-0.25, -0.2) is 0 Å². The van der Waals surface area contributed by atoms with Crippen LogP contribution in [0.2, 0.25) is 0 Å². The van der Waals surface area contributed by atoms with E-state index in [0.29, 0.717) is 6.04 Å². The fourth-order valence-electron chi connectivity index (χ4n) is 3.99. The van der Waals surface area contributed by atoms with E-state index in [9.17, 15) is 4.79 Å². The Bertz CT molecular complexity index is 729. The highest BCUT2D eigenvalue weighted by atomic mass is 16.2. The fourth-order valence-corrected chi connectivity index (χ4v) is 3.99. The molecule has 1 aliphatic heterocycles. The maximum Gasteiger partial charge on any atom is 0.255 e. The molecule has 1 aromatic heterocycles. The Morgan fingerprint density at radius 2 is 1.88 bits per heavy atom.